The molecule has 0 atom stereocenters. The van der Waals surface area contributed by atoms with Gasteiger partial charge in [-0.15, -0.1) is 0 Å². The van der Waals surface area contributed by atoms with Crippen molar-refractivity contribution in [1.82, 2.24) is 0 Å². The molecule has 1 heteroatoms. The summed E-state index contributed by atoms with van der Waals surface area (Å²) in [4.78, 5) is 0. The second-order valence-electron chi connectivity index (χ2n) is 2.91. The maximum Gasteiger partial charge on any atom is 0.349 e. The quantitative estimate of drug-likeness (QED) is 0.551. The van der Waals surface area contributed by atoms with Gasteiger partial charge in [-0.2, -0.15) is 0 Å². The number of hydrogen-bond acceptors (Lipinski definition) is 0. The molecule has 1 aromatic carbocycles. The van der Waals surface area contributed by atoms with Crippen LogP contribution < -0.4 is 21.2 Å². The SMILES string of the molecule is CCCC/C=C/[I+]c1ccccc1. The average Bonchev–Trinajstić information content (AvgIpc) is 2.19. The molecule has 0 saturated heterocycles. The van der Waals surface area contributed by atoms with Gasteiger partial charge in [-0.3, -0.25) is 0 Å². The van der Waals surface area contributed by atoms with Gasteiger partial charge in [0.1, 0.15) is 0 Å². The average molecular weight is 287 g/mol. The van der Waals surface area contributed by atoms with Gasteiger partial charge in [0.05, 0.1) is 0 Å². The lowest BCUT2D eigenvalue weighted by Gasteiger charge is -1.83. The smallest absolute Gasteiger partial charge is 0.0654 e. The molecule has 0 N–H and O–H groups in total. The normalized spacial score (nSPS) is 10.8. The molecule has 0 nitrogen and oxygen atoms in total. The Bertz CT molecular complexity index is 239. The fourth-order valence-corrected chi connectivity index (χ4v) is 2.85. The molecule has 0 fully saturated rings. The van der Waals surface area contributed by atoms with Crippen LogP contribution in [0.15, 0.2) is 40.5 Å². The van der Waals surface area contributed by atoms with E-state index in [0.29, 0.717) is 0 Å². The fraction of sp³-hybridized carbons (Fsp3) is 0.333. The first-order valence-electron chi connectivity index (χ1n) is 4.77. The molecule has 0 unspecified atom stereocenters. The molecule has 0 radical (unpaired) electrons. The predicted molar refractivity (Wildman–Crippen MR) is 53.8 cm³/mol. The largest absolute Gasteiger partial charge is 0.349 e. The van der Waals surface area contributed by atoms with Gasteiger partial charge in [0.25, 0.3) is 0 Å². The molecular weight excluding hydrogens is 271 g/mol. The summed E-state index contributed by atoms with van der Waals surface area (Å²) < 4.78 is 3.89. The van der Waals surface area contributed by atoms with Crippen molar-refractivity contribution in [3.63, 3.8) is 0 Å². The highest BCUT2D eigenvalue weighted by Crippen LogP contribution is 1.92. The van der Waals surface area contributed by atoms with Crippen molar-refractivity contribution in [3.8, 4) is 0 Å². The van der Waals surface area contributed by atoms with Crippen LogP contribution in [0.25, 0.3) is 0 Å². The van der Waals surface area contributed by atoms with Crippen LogP contribution in [0.2, 0.25) is 0 Å². The molecule has 0 saturated carbocycles. The molecule has 0 spiro atoms. The second-order valence-corrected chi connectivity index (χ2v) is 5.50. The van der Waals surface area contributed by atoms with E-state index in [1.54, 1.807) is 0 Å². The van der Waals surface area contributed by atoms with Crippen LogP contribution in [0.4, 0.5) is 0 Å². The summed E-state index contributed by atoms with van der Waals surface area (Å²) in [6.45, 7) is 2.24. The lowest BCUT2D eigenvalue weighted by Crippen LogP contribution is -3.59. The van der Waals surface area contributed by atoms with Crippen LogP contribution in [0.5, 0.6) is 0 Å². The zero-order valence-electron chi connectivity index (χ0n) is 8.04. The Labute approximate surface area is 91.3 Å². The molecular formula is C12H16I+. The van der Waals surface area contributed by atoms with Gasteiger partial charge < -0.3 is 0 Å². The fourth-order valence-electron chi connectivity index (χ4n) is 0.990. The van der Waals surface area contributed by atoms with Crippen molar-refractivity contribution in [2.24, 2.45) is 0 Å². The monoisotopic (exact) mass is 287 g/mol. The van der Waals surface area contributed by atoms with Crippen LogP contribution in [0.3, 0.4) is 0 Å². The molecule has 13 heavy (non-hydrogen) atoms. The third kappa shape index (κ3) is 5.09. The highest BCUT2D eigenvalue weighted by Gasteiger charge is 2.03. The topological polar surface area (TPSA) is 0 Å². The highest BCUT2D eigenvalue weighted by molar-refractivity contribution is 4.99. The number of allylic oxidation sites excluding steroid dienone is 1. The lowest BCUT2D eigenvalue weighted by molar-refractivity contribution is -0.557. The Morgan fingerprint density at radius 3 is 2.69 bits per heavy atom. The van der Waals surface area contributed by atoms with Crippen molar-refractivity contribution < 1.29 is 21.2 Å². The number of hydrogen-bond donors (Lipinski definition) is 0. The summed E-state index contributed by atoms with van der Waals surface area (Å²) in [5, 5.41) is 0. The first-order valence-corrected chi connectivity index (χ1v) is 7.09. The van der Waals surface area contributed by atoms with E-state index in [-0.39, 0.29) is 21.2 Å². The molecule has 0 aliphatic rings. The zero-order chi connectivity index (χ0) is 9.36. The van der Waals surface area contributed by atoms with E-state index in [1.807, 2.05) is 0 Å². The maximum absolute atomic E-state index is 2.38. The summed E-state index contributed by atoms with van der Waals surface area (Å²) in [5.41, 5.74) is 0. The van der Waals surface area contributed by atoms with Crippen LogP contribution in [0, 0.1) is 3.57 Å². The number of rotatable bonds is 5. The molecule has 0 aromatic heterocycles. The van der Waals surface area contributed by atoms with Crippen LogP contribution >= 0.6 is 0 Å². The van der Waals surface area contributed by atoms with Gasteiger partial charge in [0, 0.05) is 0 Å². The Morgan fingerprint density at radius 1 is 1.23 bits per heavy atom. The van der Waals surface area contributed by atoms with E-state index in [4.69, 9.17) is 0 Å². The standard InChI is InChI=1S/C12H16I/c1-2-3-4-8-11-13-12-9-6-5-7-10-12/h5-11H,2-4H2,1H3/q+1/b11-8+. The van der Waals surface area contributed by atoms with Gasteiger partial charge in [0.15, 0.2) is 7.65 Å². The van der Waals surface area contributed by atoms with Crippen molar-refractivity contribution in [2.45, 2.75) is 26.2 Å². The minimum absolute atomic E-state index is 0.128. The summed E-state index contributed by atoms with van der Waals surface area (Å²) in [7, 11) is 0. The summed E-state index contributed by atoms with van der Waals surface area (Å²) in [6.07, 6.45) is 6.22. The maximum atomic E-state index is 2.38. The lowest BCUT2D eigenvalue weighted by atomic mass is 10.3. The van der Waals surface area contributed by atoms with E-state index >= 15 is 0 Å². The Balaban J connectivity index is 2.23. The molecule has 1 rings (SSSR count). The van der Waals surface area contributed by atoms with Gasteiger partial charge >= 0.3 is 21.2 Å². The Kier molecular flexibility index (Phi) is 5.90. The van der Waals surface area contributed by atoms with Crippen LogP contribution in [-0.4, -0.2) is 0 Å². The van der Waals surface area contributed by atoms with Gasteiger partial charge in [-0.25, -0.2) is 0 Å². The van der Waals surface area contributed by atoms with Crippen LogP contribution in [0.1, 0.15) is 26.2 Å². The molecule has 70 valence electrons. The number of benzene rings is 1. The molecule has 0 amide bonds. The van der Waals surface area contributed by atoms with Gasteiger partial charge in [-0.05, 0) is 31.1 Å². The van der Waals surface area contributed by atoms with Crippen LogP contribution in [-0.2, 0) is 0 Å². The minimum Gasteiger partial charge on any atom is -0.0654 e. The first kappa shape index (κ1) is 10.8. The Hall–Kier alpha value is -0.310. The molecule has 0 aliphatic heterocycles. The highest BCUT2D eigenvalue weighted by atomic mass is 127. The number of unbranched alkanes of at least 4 members (excludes halogenated alkanes) is 2. The van der Waals surface area contributed by atoms with Gasteiger partial charge in [-0.1, -0.05) is 31.5 Å². The van der Waals surface area contributed by atoms with E-state index in [2.05, 4.69) is 47.4 Å². The second kappa shape index (κ2) is 7.13. The summed E-state index contributed by atoms with van der Waals surface area (Å²) in [6, 6.07) is 10.8. The zero-order valence-corrected chi connectivity index (χ0v) is 10.2. The van der Waals surface area contributed by atoms with E-state index in [1.165, 1.54) is 22.8 Å². The van der Waals surface area contributed by atoms with Crippen molar-refractivity contribution in [2.75, 3.05) is 0 Å². The van der Waals surface area contributed by atoms with E-state index in [9.17, 15) is 0 Å². The van der Waals surface area contributed by atoms with Crippen molar-refractivity contribution in [1.29, 1.82) is 0 Å². The Morgan fingerprint density at radius 2 is 2.00 bits per heavy atom. The van der Waals surface area contributed by atoms with E-state index in [0.717, 1.165) is 0 Å². The molecule has 1 aromatic rings. The molecule has 0 bridgehead atoms. The number of halogens is 1. The third-order valence-corrected chi connectivity index (χ3v) is 4.04. The predicted octanol–water partition coefficient (Wildman–Crippen LogP) is 0.649. The minimum atomic E-state index is 0.128. The summed E-state index contributed by atoms with van der Waals surface area (Å²) in [5.74, 6) is 0. The summed E-state index contributed by atoms with van der Waals surface area (Å²) >= 11 is 0.128. The molecule has 0 aliphatic carbocycles. The van der Waals surface area contributed by atoms with Crippen molar-refractivity contribution >= 4 is 0 Å². The first-order chi connectivity index (χ1) is 6.43. The van der Waals surface area contributed by atoms with E-state index < -0.39 is 0 Å². The van der Waals surface area contributed by atoms with Crippen molar-refractivity contribution in [3.05, 3.63) is 44.1 Å². The molecule has 0 heterocycles. The third-order valence-electron chi connectivity index (χ3n) is 1.74. The van der Waals surface area contributed by atoms with Gasteiger partial charge in [0.2, 0.25) is 0 Å².